The fourth-order valence-corrected chi connectivity index (χ4v) is 1.43. The summed E-state index contributed by atoms with van der Waals surface area (Å²) in [5, 5.41) is 9.11. The van der Waals surface area contributed by atoms with E-state index in [0.29, 0.717) is 6.10 Å². The van der Waals surface area contributed by atoms with Gasteiger partial charge in [0.1, 0.15) is 0 Å². The van der Waals surface area contributed by atoms with Gasteiger partial charge < -0.3 is 9.84 Å². The van der Waals surface area contributed by atoms with Crippen LogP contribution in [0.1, 0.15) is 13.8 Å². The lowest BCUT2D eigenvalue weighted by Crippen LogP contribution is -2.43. The van der Waals surface area contributed by atoms with Crippen LogP contribution in [0.5, 0.6) is 0 Å². The van der Waals surface area contributed by atoms with Crippen molar-refractivity contribution in [1.29, 1.82) is 0 Å². The Balaban J connectivity index is 2.23. The zero-order chi connectivity index (χ0) is 8.27. The van der Waals surface area contributed by atoms with Gasteiger partial charge in [-0.25, -0.2) is 0 Å². The van der Waals surface area contributed by atoms with Crippen molar-refractivity contribution in [3.8, 4) is 0 Å². The predicted octanol–water partition coefficient (Wildman–Crippen LogP) is 0.0879. The molecule has 0 unspecified atom stereocenters. The van der Waals surface area contributed by atoms with Crippen LogP contribution in [-0.4, -0.2) is 48.5 Å². The van der Waals surface area contributed by atoms with E-state index in [1.165, 1.54) is 0 Å². The molecule has 1 rings (SSSR count). The van der Waals surface area contributed by atoms with E-state index >= 15 is 0 Å². The molecule has 2 atom stereocenters. The molecule has 1 N–H and O–H groups in total. The molecule has 1 heterocycles. The molecular formula is C8H17NO2. The number of hydrogen-bond acceptors (Lipinski definition) is 3. The van der Waals surface area contributed by atoms with Crippen LogP contribution in [0.15, 0.2) is 0 Å². The summed E-state index contributed by atoms with van der Waals surface area (Å²) in [7, 11) is 0. The summed E-state index contributed by atoms with van der Waals surface area (Å²) in [6.45, 7) is 7.36. The van der Waals surface area contributed by atoms with E-state index in [0.717, 1.165) is 26.2 Å². The van der Waals surface area contributed by atoms with Crippen molar-refractivity contribution >= 4 is 0 Å². The number of β-amino-alcohol motifs (C(OH)–C–C–N with tert-alkyl or cyclic N) is 1. The van der Waals surface area contributed by atoms with E-state index in [4.69, 9.17) is 9.84 Å². The first-order chi connectivity index (χ1) is 5.18. The Morgan fingerprint density at radius 2 is 2.45 bits per heavy atom. The van der Waals surface area contributed by atoms with Crippen molar-refractivity contribution in [2.24, 2.45) is 0 Å². The van der Waals surface area contributed by atoms with E-state index in [1.54, 1.807) is 0 Å². The second kappa shape index (κ2) is 4.04. The Bertz CT molecular complexity index is 115. The number of nitrogens with zero attached hydrogens (tertiary/aromatic N) is 1. The number of morpholine rings is 1. The fraction of sp³-hybridized carbons (Fsp3) is 1.00. The highest BCUT2D eigenvalue weighted by Gasteiger charge is 2.17. The summed E-state index contributed by atoms with van der Waals surface area (Å²) in [6, 6.07) is 0. The standard InChI is InChI=1S/C8H17NO2/c1-7(10)5-9-3-4-11-8(2)6-9/h7-8,10H,3-6H2,1-2H3/t7-,8-/m0/s1. The van der Waals surface area contributed by atoms with Crippen molar-refractivity contribution < 1.29 is 9.84 Å². The number of hydrogen-bond donors (Lipinski definition) is 1. The molecule has 3 heteroatoms. The van der Waals surface area contributed by atoms with E-state index < -0.39 is 0 Å². The van der Waals surface area contributed by atoms with Gasteiger partial charge in [0.15, 0.2) is 0 Å². The van der Waals surface area contributed by atoms with Crippen LogP contribution in [0.25, 0.3) is 0 Å². The molecule has 66 valence electrons. The molecule has 3 nitrogen and oxygen atoms in total. The molecule has 0 aliphatic carbocycles. The molecule has 0 aromatic heterocycles. The third-order valence-electron chi connectivity index (χ3n) is 1.85. The van der Waals surface area contributed by atoms with Crippen molar-refractivity contribution in [1.82, 2.24) is 4.90 Å². The third-order valence-corrected chi connectivity index (χ3v) is 1.85. The lowest BCUT2D eigenvalue weighted by atomic mass is 10.2. The SMILES string of the molecule is C[C@H](O)CN1CCO[C@@H](C)C1. The maximum absolute atomic E-state index is 9.11. The van der Waals surface area contributed by atoms with Gasteiger partial charge >= 0.3 is 0 Å². The van der Waals surface area contributed by atoms with Gasteiger partial charge in [-0.2, -0.15) is 0 Å². The van der Waals surface area contributed by atoms with Crippen LogP contribution in [0.4, 0.5) is 0 Å². The van der Waals surface area contributed by atoms with Crippen LogP contribution in [0.2, 0.25) is 0 Å². The molecule has 0 amide bonds. The second-order valence-corrected chi connectivity index (χ2v) is 3.29. The smallest absolute Gasteiger partial charge is 0.0674 e. The molecule has 0 saturated carbocycles. The molecular weight excluding hydrogens is 142 g/mol. The van der Waals surface area contributed by atoms with E-state index in [9.17, 15) is 0 Å². The summed E-state index contributed by atoms with van der Waals surface area (Å²) in [6.07, 6.45) is 0.0998. The number of aliphatic hydroxyl groups is 1. The normalized spacial score (nSPS) is 30.3. The Labute approximate surface area is 68.0 Å². The van der Waals surface area contributed by atoms with Gasteiger partial charge in [-0.05, 0) is 13.8 Å². The number of ether oxygens (including phenoxy) is 1. The first-order valence-electron chi connectivity index (χ1n) is 4.20. The van der Waals surface area contributed by atoms with Crippen molar-refractivity contribution in [2.45, 2.75) is 26.1 Å². The molecule has 0 radical (unpaired) electrons. The van der Waals surface area contributed by atoms with Crippen LogP contribution >= 0.6 is 0 Å². The van der Waals surface area contributed by atoms with E-state index in [1.807, 2.05) is 6.92 Å². The maximum Gasteiger partial charge on any atom is 0.0674 e. The molecule has 1 aliphatic rings. The van der Waals surface area contributed by atoms with Crippen LogP contribution in [0, 0.1) is 0 Å². The van der Waals surface area contributed by atoms with Crippen molar-refractivity contribution in [3.05, 3.63) is 0 Å². The Kier molecular flexibility index (Phi) is 3.30. The van der Waals surface area contributed by atoms with Gasteiger partial charge in [-0.1, -0.05) is 0 Å². The second-order valence-electron chi connectivity index (χ2n) is 3.29. The predicted molar refractivity (Wildman–Crippen MR) is 43.5 cm³/mol. The Morgan fingerprint density at radius 1 is 1.73 bits per heavy atom. The van der Waals surface area contributed by atoms with Gasteiger partial charge in [-0.15, -0.1) is 0 Å². The molecule has 0 bridgehead atoms. The molecule has 11 heavy (non-hydrogen) atoms. The lowest BCUT2D eigenvalue weighted by Gasteiger charge is -2.31. The average Bonchev–Trinajstić information content (AvgIpc) is 1.85. The molecule has 0 aromatic rings. The van der Waals surface area contributed by atoms with Crippen LogP contribution in [-0.2, 0) is 4.74 Å². The highest BCUT2D eigenvalue weighted by molar-refractivity contribution is 4.69. The first kappa shape index (κ1) is 8.97. The van der Waals surface area contributed by atoms with Gasteiger partial charge in [0.05, 0.1) is 18.8 Å². The minimum absolute atomic E-state index is 0.222. The number of rotatable bonds is 2. The third kappa shape index (κ3) is 3.18. The molecule has 0 aromatic carbocycles. The van der Waals surface area contributed by atoms with Crippen LogP contribution in [0.3, 0.4) is 0 Å². The molecule has 1 fully saturated rings. The average molecular weight is 159 g/mol. The maximum atomic E-state index is 9.11. The number of aliphatic hydroxyl groups excluding tert-OH is 1. The molecule has 1 aliphatic heterocycles. The minimum atomic E-state index is -0.222. The fourth-order valence-electron chi connectivity index (χ4n) is 1.43. The summed E-state index contributed by atoms with van der Waals surface area (Å²) in [5.41, 5.74) is 0. The monoisotopic (exact) mass is 159 g/mol. The quantitative estimate of drug-likeness (QED) is 0.619. The first-order valence-corrected chi connectivity index (χ1v) is 4.20. The van der Waals surface area contributed by atoms with Crippen molar-refractivity contribution in [2.75, 3.05) is 26.2 Å². The highest BCUT2D eigenvalue weighted by atomic mass is 16.5. The van der Waals surface area contributed by atoms with Crippen LogP contribution < -0.4 is 0 Å². The summed E-state index contributed by atoms with van der Waals surface area (Å²) in [4.78, 5) is 2.23. The van der Waals surface area contributed by atoms with Crippen molar-refractivity contribution in [3.63, 3.8) is 0 Å². The summed E-state index contributed by atoms with van der Waals surface area (Å²) < 4.78 is 5.37. The Morgan fingerprint density at radius 3 is 3.00 bits per heavy atom. The molecule has 1 saturated heterocycles. The van der Waals surface area contributed by atoms with Gasteiger partial charge in [0, 0.05) is 19.6 Å². The Hall–Kier alpha value is -0.120. The largest absolute Gasteiger partial charge is 0.392 e. The summed E-state index contributed by atoms with van der Waals surface area (Å²) in [5.74, 6) is 0. The summed E-state index contributed by atoms with van der Waals surface area (Å²) >= 11 is 0. The zero-order valence-electron chi connectivity index (χ0n) is 7.29. The van der Waals surface area contributed by atoms with E-state index in [2.05, 4.69) is 11.8 Å². The van der Waals surface area contributed by atoms with Gasteiger partial charge in [-0.3, -0.25) is 4.90 Å². The van der Waals surface area contributed by atoms with E-state index in [-0.39, 0.29) is 6.10 Å². The van der Waals surface area contributed by atoms with Gasteiger partial charge in [0.2, 0.25) is 0 Å². The lowest BCUT2D eigenvalue weighted by molar-refractivity contribution is -0.0296. The minimum Gasteiger partial charge on any atom is -0.392 e. The van der Waals surface area contributed by atoms with Gasteiger partial charge in [0.25, 0.3) is 0 Å². The topological polar surface area (TPSA) is 32.7 Å². The molecule has 0 spiro atoms. The zero-order valence-corrected chi connectivity index (χ0v) is 7.29. The highest BCUT2D eigenvalue weighted by Crippen LogP contribution is 2.04.